The van der Waals surface area contributed by atoms with Crippen molar-refractivity contribution < 1.29 is 9.90 Å². The third-order valence-electron chi connectivity index (χ3n) is 2.98. The minimum Gasteiger partial charge on any atom is -0.480 e. The molecule has 1 aromatic carbocycles. The molecule has 0 bridgehead atoms. The van der Waals surface area contributed by atoms with E-state index < -0.39 is 11.5 Å². The van der Waals surface area contributed by atoms with E-state index in [1.165, 1.54) is 5.56 Å². The Morgan fingerprint density at radius 2 is 2.19 bits per heavy atom. The molecule has 0 saturated carbocycles. The first-order chi connectivity index (χ1) is 7.50. The highest BCUT2D eigenvalue weighted by Gasteiger charge is 2.30. The van der Waals surface area contributed by atoms with Gasteiger partial charge in [0.15, 0.2) is 0 Å². The fraction of sp³-hybridized carbons (Fsp3) is 0.308. The summed E-state index contributed by atoms with van der Waals surface area (Å²) in [6, 6.07) is 8.04. The van der Waals surface area contributed by atoms with Crippen LogP contribution in [0.4, 0.5) is 0 Å². The zero-order valence-electron chi connectivity index (χ0n) is 9.23. The maximum atomic E-state index is 11.0. The first kappa shape index (κ1) is 10.9. The van der Waals surface area contributed by atoms with Gasteiger partial charge in [-0.15, -0.1) is 0 Å². The summed E-state index contributed by atoms with van der Waals surface area (Å²) in [6.07, 6.45) is 3.32. The number of allylic oxidation sites excluding steroid dienone is 1. The summed E-state index contributed by atoms with van der Waals surface area (Å²) >= 11 is 0. The van der Waals surface area contributed by atoms with E-state index in [-0.39, 0.29) is 0 Å². The van der Waals surface area contributed by atoms with Gasteiger partial charge in [0, 0.05) is 6.42 Å². The second-order valence-electron chi connectivity index (χ2n) is 4.49. The largest absolute Gasteiger partial charge is 0.480 e. The van der Waals surface area contributed by atoms with Crippen LogP contribution in [0.3, 0.4) is 0 Å². The Morgan fingerprint density at radius 3 is 2.88 bits per heavy atom. The monoisotopic (exact) mass is 217 g/mol. The van der Waals surface area contributed by atoms with Crippen molar-refractivity contribution >= 4 is 11.5 Å². The van der Waals surface area contributed by atoms with E-state index in [9.17, 15) is 4.79 Å². The van der Waals surface area contributed by atoms with Gasteiger partial charge >= 0.3 is 5.97 Å². The summed E-state index contributed by atoms with van der Waals surface area (Å²) in [5, 5.41) is 9.00. The highest BCUT2D eigenvalue weighted by molar-refractivity contribution is 5.83. The molecule has 0 unspecified atom stereocenters. The summed E-state index contributed by atoms with van der Waals surface area (Å²) < 4.78 is 0. The lowest BCUT2D eigenvalue weighted by Gasteiger charge is -2.20. The van der Waals surface area contributed by atoms with E-state index in [0.29, 0.717) is 6.42 Å². The molecule has 0 saturated heterocycles. The van der Waals surface area contributed by atoms with E-state index in [4.69, 9.17) is 10.8 Å². The van der Waals surface area contributed by atoms with Gasteiger partial charge in [0.25, 0.3) is 0 Å². The Labute approximate surface area is 94.6 Å². The summed E-state index contributed by atoms with van der Waals surface area (Å²) in [4.78, 5) is 11.0. The van der Waals surface area contributed by atoms with E-state index in [2.05, 4.69) is 12.1 Å². The van der Waals surface area contributed by atoms with Gasteiger partial charge in [-0.3, -0.25) is 4.79 Å². The van der Waals surface area contributed by atoms with Crippen molar-refractivity contribution in [1.29, 1.82) is 0 Å². The molecule has 0 heterocycles. The van der Waals surface area contributed by atoms with Crippen LogP contribution in [0, 0.1) is 0 Å². The van der Waals surface area contributed by atoms with Gasteiger partial charge in [0.1, 0.15) is 5.54 Å². The van der Waals surface area contributed by atoms with Gasteiger partial charge in [-0.05, 0) is 30.0 Å². The SMILES string of the molecule is C[C@@](N)(CC1=CCc2ccccc21)C(=O)O. The van der Waals surface area contributed by atoms with Crippen LogP contribution in [0.2, 0.25) is 0 Å². The van der Waals surface area contributed by atoms with Crippen LogP contribution in [0.25, 0.3) is 5.57 Å². The number of benzene rings is 1. The van der Waals surface area contributed by atoms with Gasteiger partial charge < -0.3 is 10.8 Å². The van der Waals surface area contributed by atoms with Crippen molar-refractivity contribution in [3.63, 3.8) is 0 Å². The smallest absolute Gasteiger partial charge is 0.323 e. The average molecular weight is 217 g/mol. The Bertz CT molecular complexity index is 461. The van der Waals surface area contributed by atoms with Crippen LogP contribution in [0.15, 0.2) is 30.3 Å². The minimum atomic E-state index is -1.19. The molecule has 3 heteroatoms. The molecule has 3 nitrogen and oxygen atoms in total. The van der Waals surface area contributed by atoms with E-state index in [1.54, 1.807) is 6.92 Å². The molecule has 1 aromatic rings. The standard InChI is InChI=1S/C13H15NO2/c1-13(14,12(15)16)8-10-7-6-9-4-2-3-5-11(9)10/h2-5,7H,6,8,14H2,1H3,(H,15,16)/t13-/m1/s1. The van der Waals surface area contributed by atoms with Gasteiger partial charge in [-0.25, -0.2) is 0 Å². The van der Waals surface area contributed by atoms with Crippen molar-refractivity contribution in [3.8, 4) is 0 Å². The van der Waals surface area contributed by atoms with Crippen LogP contribution in [-0.4, -0.2) is 16.6 Å². The predicted molar refractivity (Wildman–Crippen MR) is 63.0 cm³/mol. The molecule has 84 valence electrons. The lowest BCUT2D eigenvalue weighted by atomic mass is 9.91. The summed E-state index contributed by atoms with van der Waals surface area (Å²) in [5.41, 5.74) is 8.00. The maximum absolute atomic E-state index is 11.0. The zero-order chi connectivity index (χ0) is 11.8. The Hall–Kier alpha value is -1.61. The van der Waals surface area contributed by atoms with Gasteiger partial charge in [-0.2, -0.15) is 0 Å². The molecule has 16 heavy (non-hydrogen) atoms. The number of aliphatic carboxylic acids is 1. The third-order valence-corrected chi connectivity index (χ3v) is 2.98. The van der Waals surface area contributed by atoms with Crippen molar-refractivity contribution in [2.75, 3.05) is 0 Å². The number of hydrogen-bond donors (Lipinski definition) is 2. The van der Waals surface area contributed by atoms with Gasteiger partial charge in [0.2, 0.25) is 0 Å². The molecule has 0 aromatic heterocycles. The Kier molecular flexibility index (Phi) is 2.56. The predicted octanol–water partition coefficient (Wildman–Crippen LogP) is 1.82. The van der Waals surface area contributed by atoms with Crippen molar-refractivity contribution in [3.05, 3.63) is 41.5 Å². The fourth-order valence-electron chi connectivity index (χ4n) is 1.99. The molecule has 0 aliphatic heterocycles. The molecule has 0 spiro atoms. The third kappa shape index (κ3) is 1.86. The average Bonchev–Trinajstić information content (AvgIpc) is 2.61. The number of carboxylic acid groups (broad SMARTS) is 1. The summed E-state index contributed by atoms with van der Waals surface area (Å²) in [5.74, 6) is -0.960. The summed E-state index contributed by atoms with van der Waals surface area (Å²) in [7, 11) is 0. The second kappa shape index (κ2) is 3.76. The van der Waals surface area contributed by atoms with Crippen LogP contribution in [0.1, 0.15) is 24.5 Å². The number of carboxylic acids is 1. The number of nitrogens with two attached hydrogens (primary N) is 1. The molecule has 1 aliphatic rings. The molecule has 0 amide bonds. The first-order valence-corrected chi connectivity index (χ1v) is 5.30. The maximum Gasteiger partial charge on any atom is 0.323 e. The van der Waals surface area contributed by atoms with E-state index in [1.807, 2.05) is 18.2 Å². The molecule has 0 fully saturated rings. The van der Waals surface area contributed by atoms with Crippen molar-refractivity contribution in [2.45, 2.75) is 25.3 Å². The molecule has 2 rings (SSSR count). The fourth-order valence-corrected chi connectivity index (χ4v) is 1.99. The molecule has 1 aliphatic carbocycles. The molecular formula is C13H15NO2. The summed E-state index contributed by atoms with van der Waals surface area (Å²) in [6.45, 7) is 1.55. The van der Waals surface area contributed by atoms with Crippen LogP contribution < -0.4 is 5.73 Å². The molecule has 1 atom stereocenters. The Balaban J connectivity index is 2.24. The van der Waals surface area contributed by atoms with E-state index >= 15 is 0 Å². The Morgan fingerprint density at radius 1 is 1.50 bits per heavy atom. The number of hydrogen-bond acceptors (Lipinski definition) is 2. The minimum absolute atomic E-state index is 0.374. The lowest BCUT2D eigenvalue weighted by Crippen LogP contribution is -2.44. The van der Waals surface area contributed by atoms with Crippen molar-refractivity contribution in [2.24, 2.45) is 5.73 Å². The topological polar surface area (TPSA) is 63.3 Å². The van der Waals surface area contributed by atoms with Gasteiger partial charge in [0.05, 0.1) is 0 Å². The quantitative estimate of drug-likeness (QED) is 0.811. The van der Waals surface area contributed by atoms with Crippen LogP contribution in [-0.2, 0) is 11.2 Å². The van der Waals surface area contributed by atoms with Crippen LogP contribution in [0.5, 0.6) is 0 Å². The lowest BCUT2D eigenvalue weighted by molar-refractivity contribution is -0.142. The molecule has 3 N–H and O–H groups in total. The van der Waals surface area contributed by atoms with Crippen LogP contribution >= 0.6 is 0 Å². The molecule has 0 radical (unpaired) electrons. The number of carbonyl (C=O) groups is 1. The highest BCUT2D eigenvalue weighted by Crippen LogP contribution is 2.32. The van der Waals surface area contributed by atoms with Gasteiger partial charge in [-0.1, -0.05) is 30.3 Å². The number of fused-ring (bicyclic) bond motifs is 1. The zero-order valence-corrected chi connectivity index (χ0v) is 9.23. The van der Waals surface area contributed by atoms with E-state index in [0.717, 1.165) is 17.6 Å². The molecular weight excluding hydrogens is 202 g/mol. The second-order valence-corrected chi connectivity index (χ2v) is 4.49. The number of rotatable bonds is 3. The highest BCUT2D eigenvalue weighted by atomic mass is 16.4. The normalized spacial score (nSPS) is 17.5. The van der Waals surface area contributed by atoms with Crippen molar-refractivity contribution in [1.82, 2.24) is 0 Å². The first-order valence-electron chi connectivity index (χ1n) is 5.30.